The van der Waals surface area contributed by atoms with Crippen LogP contribution in [0.3, 0.4) is 0 Å². The van der Waals surface area contributed by atoms with Crippen molar-refractivity contribution in [2.75, 3.05) is 30.2 Å². The van der Waals surface area contributed by atoms with E-state index in [1.165, 1.54) is 24.4 Å². The highest BCUT2D eigenvalue weighted by Gasteiger charge is 2.34. The van der Waals surface area contributed by atoms with Crippen molar-refractivity contribution < 1.29 is 22.3 Å². The number of hydrogen-bond acceptors (Lipinski definition) is 5. The van der Waals surface area contributed by atoms with Crippen LogP contribution in [0.1, 0.15) is 12.5 Å². The van der Waals surface area contributed by atoms with Gasteiger partial charge in [-0.15, -0.1) is 0 Å². The molecule has 1 aliphatic rings. The third-order valence-electron chi connectivity index (χ3n) is 4.66. The first-order valence-corrected chi connectivity index (χ1v) is 10.2. The zero-order valence-electron chi connectivity index (χ0n) is 15.6. The van der Waals surface area contributed by atoms with Crippen LogP contribution >= 0.6 is 0 Å². The van der Waals surface area contributed by atoms with Crippen molar-refractivity contribution in [3.63, 3.8) is 0 Å². The second-order valence-corrected chi connectivity index (χ2v) is 8.59. The monoisotopic (exact) mass is 407 g/mol. The molecule has 3 N–H and O–H groups in total. The molecule has 3 rings (SSSR count). The van der Waals surface area contributed by atoms with E-state index in [9.17, 15) is 17.6 Å². The van der Waals surface area contributed by atoms with Crippen molar-refractivity contribution >= 4 is 27.3 Å². The number of sulfonamides is 1. The first kappa shape index (κ1) is 19.9. The first-order chi connectivity index (χ1) is 13.2. The third-order valence-corrected chi connectivity index (χ3v) is 6.44. The van der Waals surface area contributed by atoms with E-state index in [0.29, 0.717) is 24.3 Å². The Morgan fingerprint density at radius 2 is 2.07 bits per heavy atom. The summed E-state index contributed by atoms with van der Waals surface area (Å²) in [6, 6.07) is 8.54. The number of hydrogen-bond donors (Lipinski definition) is 2. The number of nitrogens with two attached hydrogens (primary N) is 1. The van der Waals surface area contributed by atoms with Crippen molar-refractivity contribution in [3.05, 3.63) is 47.8 Å². The first-order valence-electron chi connectivity index (χ1n) is 8.71. The standard InChI is InChI=1S/C19H22FN3O4S/c1-12(24)22-10-13-7-14-3-4-15(21)8-18(14)23(11-13)28(25,26)16-5-6-17(20)19(9-16)27-2/h3-6,8-9,13H,7,10-11,21H2,1-2H3,(H,22,24). The summed E-state index contributed by atoms with van der Waals surface area (Å²) >= 11 is 0. The van der Waals surface area contributed by atoms with E-state index >= 15 is 0 Å². The zero-order chi connectivity index (χ0) is 20.5. The fourth-order valence-electron chi connectivity index (χ4n) is 3.27. The molecule has 2 aromatic rings. The lowest BCUT2D eigenvalue weighted by Crippen LogP contribution is -2.43. The average Bonchev–Trinajstić information content (AvgIpc) is 2.65. The normalized spacial score (nSPS) is 16.4. The van der Waals surface area contributed by atoms with Gasteiger partial charge in [-0.05, 0) is 42.2 Å². The molecular weight excluding hydrogens is 385 g/mol. The minimum atomic E-state index is -3.99. The molecule has 0 bridgehead atoms. The highest BCUT2D eigenvalue weighted by molar-refractivity contribution is 7.92. The number of benzene rings is 2. The number of rotatable bonds is 5. The van der Waals surface area contributed by atoms with Gasteiger partial charge in [0.2, 0.25) is 5.91 Å². The van der Waals surface area contributed by atoms with E-state index < -0.39 is 15.8 Å². The number of nitrogens with zero attached hydrogens (tertiary/aromatic N) is 1. The van der Waals surface area contributed by atoms with Gasteiger partial charge in [0.05, 0.1) is 17.7 Å². The van der Waals surface area contributed by atoms with E-state index in [2.05, 4.69) is 5.32 Å². The molecule has 7 nitrogen and oxygen atoms in total. The molecule has 28 heavy (non-hydrogen) atoms. The summed E-state index contributed by atoms with van der Waals surface area (Å²) in [5.41, 5.74) is 7.62. The minimum absolute atomic E-state index is 0.0840. The smallest absolute Gasteiger partial charge is 0.264 e. The molecule has 1 aliphatic heterocycles. The second kappa shape index (κ2) is 7.67. The number of carbonyl (C=O) groups is 1. The van der Waals surface area contributed by atoms with Gasteiger partial charge >= 0.3 is 0 Å². The summed E-state index contributed by atoms with van der Waals surface area (Å²) in [5, 5.41) is 2.74. The summed E-state index contributed by atoms with van der Waals surface area (Å²) in [7, 11) is -2.72. The molecule has 1 heterocycles. The molecule has 9 heteroatoms. The Hall–Kier alpha value is -2.81. The van der Waals surface area contributed by atoms with Gasteiger partial charge in [0.25, 0.3) is 10.0 Å². The molecule has 0 saturated carbocycles. The molecule has 1 atom stereocenters. The summed E-state index contributed by atoms with van der Waals surface area (Å²) in [4.78, 5) is 11.2. The fourth-order valence-corrected chi connectivity index (χ4v) is 4.86. The van der Waals surface area contributed by atoms with Gasteiger partial charge in [-0.2, -0.15) is 0 Å². The van der Waals surface area contributed by atoms with Crippen LogP contribution in [0.4, 0.5) is 15.8 Å². The van der Waals surface area contributed by atoms with Gasteiger partial charge < -0.3 is 15.8 Å². The third kappa shape index (κ3) is 3.89. The lowest BCUT2D eigenvalue weighted by molar-refractivity contribution is -0.119. The maximum atomic E-state index is 13.7. The van der Waals surface area contributed by atoms with Crippen LogP contribution in [0, 0.1) is 11.7 Å². The van der Waals surface area contributed by atoms with Gasteiger partial charge in [-0.25, -0.2) is 12.8 Å². The topological polar surface area (TPSA) is 102 Å². The summed E-state index contributed by atoms with van der Waals surface area (Å²) in [5.74, 6) is -1.09. The molecule has 1 unspecified atom stereocenters. The number of methoxy groups -OCH3 is 1. The SMILES string of the molecule is COc1cc(S(=O)(=O)N2CC(CNC(C)=O)Cc3ccc(N)cc32)ccc1F. The van der Waals surface area contributed by atoms with Crippen LogP contribution in [0.2, 0.25) is 0 Å². The molecule has 1 amide bonds. The summed E-state index contributed by atoms with van der Waals surface area (Å²) in [6.45, 7) is 1.92. The zero-order valence-corrected chi connectivity index (χ0v) is 16.4. The number of amides is 1. The number of carbonyl (C=O) groups excluding carboxylic acids is 1. The van der Waals surface area contributed by atoms with Gasteiger partial charge in [-0.3, -0.25) is 9.10 Å². The number of halogens is 1. The maximum absolute atomic E-state index is 13.7. The van der Waals surface area contributed by atoms with E-state index in [-0.39, 0.29) is 29.0 Å². The molecule has 0 fully saturated rings. The predicted octanol–water partition coefficient (Wildman–Crippen LogP) is 1.92. The van der Waals surface area contributed by atoms with E-state index in [1.54, 1.807) is 18.2 Å². The Morgan fingerprint density at radius 3 is 2.75 bits per heavy atom. The van der Waals surface area contributed by atoms with Crippen LogP contribution in [-0.2, 0) is 21.2 Å². The summed E-state index contributed by atoms with van der Waals surface area (Å²) in [6.07, 6.45) is 0.606. The Morgan fingerprint density at radius 1 is 1.32 bits per heavy atom. The minimum Gasteiger partial charge on any atom is -0.494 e. The second-order valence-electron chi connectivity index (χ2n) is 6.73. The number of nitrogens with one attached hydrogen (secondary N) is 1. The van der Waals surface area contributed by atoms with Crippen LogP contribution in [0.25, 0.3) is 0 Å². The predicted molar refractivity (Wildman–Crippen MR) is 104 cm³/mol. The maximum Gasteiger partial charge on any atom is 0.264 e. The molecule has 150 valence electrons. The highest BCUT2D eigenvalue weighted by Crippen LogP contribution is 2.36. The van der Waals surface area contributed by atoms with Gasteiger partial charge in [0.15, 0.2) is 11.6 Å². The molecule has 0 saturated heterocycles. The lowest BCUT2D eigenvalue weighted by Gasteiger charge is -2.35. The van der Waals surface area contributed by atoms with Gasteiger partial charge in [0.1, 0.15) is 0 Å². The molecule has 0 aromatic heterocycles. The van der Waals surface area contributed by atoms with Crippen LogP contribution in [0.15, 0.2) is 41.3 Å². The molecular formula is C19H22FN3O4S. The Bertz CT molecular complexity index is 1010. The number of anilines is 2. The number of fused-ring (bicyclic) bond motifs is 1. The largest absolute Gasteiger partial charge is 0.494 e. The van der Waals surface area contributed by atoms with Crippen LogP contribution < -0.4 is 20.1 Å². The van der Waals surface area contributed by atoms with Crippen molar-refractivity contribution in [1.29, 1.82) is 0 Å². The van der Waals surface area contributed by atoms with Crippen molar-refractivity contribution in [1.82, 2.24) is 5.32 Å². The lowest BCUT2D eigenvalue weighted by atomic mass is 9.93. The highest BCUT2D eigenvalue weighted by atomic mass is 32.2. The van der Waals surface area contributed by atoms with E-state index in [0.717, 1.165) is 17.7 Å². The molecule has 2 aromatic carbocycles. The Kier molecular flexibility index (Phi) is 5.46. The average molecular weight is 407 g/mol. The summed E-state index contributed by atoms with van der Waals surface area (Å²) < 4.78 is 46.6. The molecule has 0 aliphatic carbocycles. The van der Waals surface area contributed by atoms with Crippen molar-refractivity contribution in [2.24, 2.45) is 5.92 Å². The van der Waals surface area contributed by atoms with E-state index in [4.69, 9.17) is 10.5 Å². The molecule has 0 spiro atoms. The number of nitrogen functional groups attached to an aromatic ring is 1. The van der Waals surface area contributed by atoms with Crippen molar-refractivity contribution in [2.45, 2.75) is 18.2 Å². The van der Waals surface area contributed by atoms with Crippen LogP contribution in [0.5, 0.6) is 5.75 Å². The van der Waals surface area contributed by atoms with Crippen LogP contribution in [-0.4, -0.2) is 34.5 Å². The van der Waals surface area contributed by atoms with Crippen molar-refractivity contribution in [3.8, 4) is 5.75 Å². The Labute approximate surface area is 163 Å². The quantitative estimate of drug-likeness (QED) is 0.738. The van der Waals surface area contributed by atoms with Gasteiger partial charge in [-0.1, -0.05) is 6.07 Å². The van der Waals surface area contributed by atoms with E-state index in [1.807, 2.05) is 0 Å². The Balaban J connectivity index is 2.04. The van der Waals surface area contributed by atoms with Gasteiger partial charge in [0, 0.05) is 31.8 Å². The fraction of sp³-hybridized carbons (Fsp3) is 0.316. The number of ether oxygens (including phenoxy) is 1. The molecule has 0 radical (unpaired) electrons.